The minimum atomic E-state index is -0.739. The first-order valence-electron chi connectivity index (χ1n) is 6.14. The highest BCUT2D eigenvalue weighted by Gasteiger charge is 2.29. The van der Waals surface area contributed by atoms with Gasteiger partial charge in [0.15, 0.2) is 5.11 Å². The summed E-state index contributed by atoms with van der Waals surface area (Å²) >= 11 is 6.53. The van der Waals surface area contributed by atoms with Crippen molar-refractivity contribution in [3.8, 4) is 0 Å². The summed E-state index contributed by atoms with van der Waals surface area (Å²) in [6.07, 6.45) is 0.654. The molecule has 108 valence electrons. The van der Waals surface area contributed by atoms with Crippen molar-refractivity contribution in [3.63, 3.8) is 0 Å². The third kappa shape index (κ3) is 3.55. The number of carbonyl (C=O) groups is 1. The maximum absolute atomic E-state index is 13.0. The van der Waals surface area contributed by atoms with Gasteiger partial charge in [-0.15, -0.1) is 0 Å². The van der Waals surface area contributed by atoms with Gasteiger partial charge in [-0.25, -0.2) is 9.18 Å². The van der Waals surface area contributed by atoms with E-state index in [1.165, 1.54) is 0 Å². The lowest BCUT2D eigenvalue weighted by atomic mass is 10.0. The molecule has 0 aliphatic carbocycles. The Balaban J connectivity index is 1.96. The lowest BCUT2D eigenvalue weighted by Gasteiger charge is -2.27. The highest BCUT2D eigenvalue weighted by molar-refractivity contribution is 7.80. The molecule has 1 atom stereocenters. The summed E-state index contributed by atoms with van der Waals surface area (Å²) in [4.78, 5) is 12.0. The van der Waals surface area contributed by atoms with Crippen molar-refractivity contribution in [3.05, 3.63) is 33.7 Å². The number of halogens is 1. The van der Waals surface area contributed by atoms with Crippen molar-refractivity contribution >= 4 is 34.6 Å². The molecule has 4 nitrogen and oxygen atoms in total. The molecule has 2 N–H and O–H groups in total. The number of allylic oxidation sites excluding steroid dienone is 1. The lowest BCUT2D eigenvalue weighted by molar-refractivity contribution is -0.139. The molecule has 7 heteroatoms. The van der Waals surface area contributed by atoms with E-state index in [0.717, 1.165) is 5.56 Å². The number of alkyl halides is 1. The third-order valence-electron chi connectivity index (χ3n) is 2.94. The smallest absolute Gasteiger partial charge is 0.337 e. The molecule has 0 spiro atoms. The summed E-state index contributed by atoms with van der Waals surface area (Å²) in [6.45, 7) is 1.25. The zero-order valence-corrected chi connectivity index (χ0v) is 12.6. The van der Waals surface area contributed by atoms with Crippen LogP contribution >= 0.6 is 23.6 Å². The lowest BCUT2D eigenvalue weighted by Crippen LogP contribution is -2.50. The van der Waals surface area contributed by atoms with Gasteiger partial charge in [-0.1, -0.05) is 0 Å². The minimum Gasteiger partial charge on any atom is -0.462 e. The van der Waals surface area contributed by atoms with Gasteiger partial charge in [-0.2, -0.15) is 11.3 Å². The summed E-state index contributed by atoms with van der Waals surface area (Å²) in [7, 11) is 0. The number of hydrogen-bond acceptors (Lipinski definition) is 4. The highest BCUT2D eigenvalue weighted by Crippen LogP contribution is 2.15. The second-order valence-electron chi connectivity index (χ2n) is 4.36. The van der Waals surface area contributed by atoms with Crippen LogP contribution in [0.4, 0.5) is 4.39 Å². The van der Waals surface area contributed by atoms with Crippen LogP contribution in [0.2, 0.25) is 0 Å². The fourth-order valence-corrected chi connectivity index (χ4v) is 2.95. The molecule has 0 bridgehead atoms. The molecule has 0 aromatic carbocycles. The molecule has 0 saturated heterocycles. The van der Waals surface area contributed by atoms with E-state index in [0.29, 0.717) is 17.2 Å². The second kappa shape index (κ2) is 6.81. The first-order valence-corrected chi connectivity index (χ1v) is 7.49. The molecule has 1 aromatic heterocycles. The third-order valence-corrected chi connectivity index (χ3v) is 3.89. The van der Waals surface area contributed by atoms with Crippen molar-refractivity contribution in [1.82, 2.24) is 10.6 Å². The molecule has 2 heterocycles. The Hall–Kier alpha value is -1.47. The maximum Gasteiger partial charge on any atom is 0.337 e. The predicted octanol–water partition coefficient (Wildman–Crippen LogP) is 1.92. The Kier molecular flexibility index (Phi) is 5.08. The van der Waals surface area contributed by atoms with E-state index >= 15 is 0 Å². The van der Waals surface area contributed by atoms with Crippen LogP contribution in [-0.4, -0.2) is 30.4 Å². The Labute approximate surface area is 126 Å². The molecule has 0 fully saturated rings. The van der Waals surface area contributed by atoms with E-state index < -0.39 is 18.7 Å². The van der Waals surface area contributed by atoms with Gasteiger partial charge in [-0.3, -0.25) is 0 Å². The second-order valence-corrected chi connectivity index (χ2v) is 5.55. The van der Waals surface area contributed by atoms with Crippen LogP contribution in [0.15, 0.2) is 28.1 Å². The molecule has 1 aromatic rings. The van der Waals surface area contributed by atoms with Gasteiger partial charge in [0.05, 0.1) is 18.2 Å². The Morgan fingerprint density at radius 1 is 1.60 bits per heavy atom. The summed E-state index contributed by atoms with van der Waals surface area (Å²) < 4.78 is 18.2. The summed E-state index contributed by atoms with van der Waals surface area (Å²) in [5.74, 6) is -0.511. The number of hydrogen-bond donors (Lipinski definition) is 2. The zero-order valence-electron chi connectivity index (χ0n) is 10.9. The first kappa shape index (κ1) is 14.9. The van der Waals surface area contributed by atoms with Crippen LogP contribution in [0.1, 0.15) is 12.5 Å². The molecule has 1 aliphatic rings. The fourth-order valence-electron chi connectivity index (χ4n) is 1.95. The van der Waals surface area contributed by atoms with E-state index in [1.54, 1.807) is 18.3 Å². The zero-order chi connectivity index (χ0) is 14.5. The minimum absolute atomic E-state index is 0.270. The monoisotopic (exact) mass is 314 g/mol. The van der Waals surface area contributed by atoms with Crippen LogP contribution in [-0.2, 0) is 16.0 Å². The topological polar surface area (TPSA) is 50.4 Å². The standard InChI is InChI=1S/C13H15FN2O2S2/c1-8-11(10(6-14)16-13(19)15-8)12(17)18-4-2-9-3-5-20-7-9/h3,5,7,10H,2,4,6H2,1H3,(H2,15,16,19). The van der Waals surface area contributed by atoms with Gasteiger partial charge in [0, 0.05) is 12.1 Å². The molecular formula is C13H15FN2O2S2. The van der Waals surface area contributed by atoms with Crippen molar-refractivity contribution in [2.45, 2.75) is 19.4 Å². The Bertz CT molecular complexity index is 528. The van der Waals surface area contributed by atoms with Crippen molar-refractivity contribution in [2.75, 3.05) is 13.3 Å². The summed E-state index contributed by atoms with van der Waals surface area (Å²) in [5.41, 5.74) is 1.93. The maximum atomic E-state index is 13.0. The van der Waals surface area contributed by atoms with Gasteiger partial charge in [-0.05, 0) is 41.5 Å². The fraction of sp³-hybridized carbons (Fsp3) is 0.385. The Morgan fingerprint density at radius 2 is 2.40 bits per heavy atom. The molecule has 0 saturated carbocycles. The largest absolute Gasteiger partial charge is 0.462 e. The highest BCUT2D eigenvalue weighted by atomic mass is 32.1. The number of carbonyl (C=O) groups excluding carboxylic acids is 1. The van der Waals surface area contributed by atoms with E-state index in [4.69, 9.17) is 17.0 Å². The predicted molar refractivity (Wildman–Crippen MR) is 80.3 cm³/mol. The first-order chi connectivity index (χ1) is 9.61. The van der Waals surface area contributed by atoms with Gasteiger partial charge < -0.3 is 15.4 Å². The molecular weight excluding hydrogens is 299 g/mol. The van der Waals surface area contributed by atoms with Crippen molar-refractivity contribution in [1.29, 1.82) is 0 Å². The number of thiophene rings is 1. The Morgan fingerprint density at radius 3 is 3.05 bits per heavy atom. The van der Waals surface area contributed by atoms with E-state index in [-0.39, 0.29) is 12.2 Å². The van der Waals surface area contributed by atoms with Crippen LogP contribution in [0.5, 0.6) is 0 Å². The number of rotatable bonds is 5. The van der Waals surface area contributed by atoms with Crippen LogP contribution in [0.3, 0.4) is 0 Å². The molecule has 1 aliphatic heterocycles. The SMILES string of the molecule is CC1=C(C(=O)OCCc2ccsc2)C(CF)NC(=S)N1. The quantitative estimate of drug-likeness (QED) is 0.642. The molecule has 0 amide bonds. The van der Waals surface area contributed by atoms with E-state index in [9.17, 15) is 9.18 Å². The van der Waals surface area contributed by atoms with Gasteiger partial charge >= 0.3 is 5.97 Å². The normalized spacial score (nSPS) is 18.5. The van der Waals surface area contributed by atoms with Gasteiger partial charge in [0.25, 0.3) is 0 Å². The summed E-state index contributed by atoms with van der Waals surface area (Å²) in [6, 6.07) is 1.24. The number of esters is 1. The van der Waals surface area contributed by atoms with Gasteiger partial charge in [0.1, 0.15) is 6.67 Å². The number of nitrogens with one attached hydrogen (secondary N) is 2. The molecule has 20 heavy (non-hydrogen) atoms. The number of thiocarbonyl (C=S) groups is 1. The number of ether oxygens (including phenoxy) is 1. The average Bonchev–Trinajstić information content (AvgIpc) is 2.90. The van der Waals surface area contributed by atoms with E-state index in [1.807, 2.05) is 16.8 Å². The van der Waals surface area contributed by atoms with Crippen LogP contribution < -0.4 is 10.6 Å². The summed E-state index contributed by atoms with van der Waals surface area (Å²) in [5, 5.41) is 9.83. The molecule has 1 unspecified atom stereocenters. The van der Waals surface area contributed by atoms with Gasteiger partial charge in [0.2, 0.25) is 0 Å². The van der Waals surface area contributed by atoms with E-state index in [2.05, 4.69) is 10.6 Å². The van der Waals surface area contributed by atoms with Crippen molar-refractivity contribution < 1.29 is 13.9 Å². The average molecular weight is 314 g/mol. The van der Waals surface area contributed by atoms with Crippen LogP contribution in [0.25, 0.3) is 0 Å². The van der Waals surface area contributed by atoms with Crippen molar-refractivity contribution in [2.24, 2.45) is 0 Å². The molecule has 2 rings (SSSR count). The molecule has 0 radical (unpaired) electrons. The van der Waals surface area contributed by atoms with Crippen LogP contribution in [0, 0.1) is 0 Å².